The van der Waals surface area contributed by atoms with Gasteiger partial charge in [0.2, 0.25) is 0 Å². The van der Waals surface area contributed by atoms with Gasteiger partial charge in [-0.15, -0.1) is 0 Å². The molecular weight excluding hydrogens is 392 g/mol. The Morgan fingerprint density at radius 3 is 2.65 bits per heavy atom. The smallest absolute Gasteiger partial charge is 0.110 e. The van der Waals surface area contributed by atoms with Crippen molar-refractivity contribution in [2.75, 3.05) is 0 Å². The van der Waals surface area contributed by atoms with Crippen LogP contribution in [0.4, 0.5) is 5.69 Å². The summed E-state index contributed by atoms with van der Waals surface area (Å²) in [4.78, 5) is 4.19. The third-order valence-electron chi connectivity index (χ3n) is 2.27. The Bertz CT molecular complexity index is 513. The van der Waals surface area contributed by atoms with Crippen molar-refractivity contribution in [3.8, 4) is 5.75 Å². The third kappa shape index (κ3) is 2.54. The summed E-state index contributed by atoms with van der Waals surface area (Å²) in [5, 5.41) is 4.35. The largest absolute Gasteiger partial charge is 0.624 e. The first-order valence-electron chi connectivity index (χ1n) is 5.03. The van der Waals surface area contributed by atoms with E-state index in [4.69, 9.17) is 4.74 Å². The molecule has 3 rings (SSSR count). The van der Waals surface area contributed by atoms with Gasteiger partial charge in [0.05, 0.1) is 5.69 Å². The molecule has 0 amide bonds. The Balaban J connectivity index is 0.00000108. The molecule has 1 aromatic heterocycles. The Kier molecular flexibility index (Phi) is 3.57. The number of para-hydroxylation sites is 2. The van der Waals surface area contributed by atoms with Crippen molar-refractivity contribution in [3.05, 3.63) is 65.6 Å². The van der Waals surface area contributed by atoms with E-state index in [-0.39, 0.29) is 20.1 Å². The van der Waals surface area contributed by atoms with Gasteiger partial charge in [0.25, 0.3) is 0 Å². The second kappa shape index (κ2) is 5.13. The topological polar surface area (TPSA) is 36.2 Å². The molecule has 1 radical (unpaired) electrons. The average Bonchev–Trinajstić information content (AvgIpc) is 2.72. The third-order valence-corrected chi connectivity index (χ3v) is 2.27. The molecule has 17 heavy (non-hydrogen) atoms. The fraction of sp³-hybridized carbons (Fsp3) is 0. The number of aromatic nitrogens is 1. The fourth-order valence-electron chi connectivity index (χ4n) is 1.54. The molecule has 4 heteroatoms. The minimum atomic E-state index is 0. The number of nitrogens with zero attached hydrogens (tertiary/aromatic N) is 2. The van der Waals surface area contributed by atoms with Crippen molar-refractivity contribution < 1.29 is 24.8 Å². The van der Waals surface area contributed by atoms with Gasteiger partial charge in [0.15, 0.2) is 0 Å². The molecule has 0 atom stereocenters. The molecule has 1 aromatic carbocycles. The van der Waals surface area contributed by atoms with Crippen LogP contribution >= 0.6 is 0 Å². The normalized spacial score (nSPS) is 14.5. The van der Waals surface area contributed by atoms with Gasteiger partial charge in [-0.3, -0.25) is 4.98 Å². The SMILES string of the molecule is C(=C1/[N-]c2ccccc2O1)/c1ccccn1.[Ir]. The van der Waals surface area contributed by atoms with Crippen molar-refractivity contribution >= 4 is 11.8 Å². The zero-order valence-corrected chi connectivity index (χ0v) is 11.2. The second-order valence-electron chi connectivity index (χ2n) is 3.42. The number of rotatable bonds is 1. The quantitative estimate of drug-likeness (QED) is 0.734. The van der Waals surface area contributed by atoms with E-state index < -0.39 is 0 Å². The van der Waals surface area contributed by atoms with Crippen molar-refractivity contribution in [2.45, 2.75) is 0 Å². The maximum atomic E-state index is 5.57. The molecule has 3 nitrogen and oxygen atoms in total. The summed E-state index contributed by atoms with van der Waals surface area (Å²) in [6.45, 7) is 0. The summed E-state index contributed by atoms with van der Waals surface area (Å²) in [7, 11) is 0. The van der Waals surface area contributed by atoms with Crippen LogP contribution in [0.5, 0.6) is 5.75 Å². The molecular formula is C13H9IrN2O-. The van der Waals surface area contributed by atoms with Gasteiger partial charge in [-0.2, -0.15) is 0 Å². The first-order valence-corrected chi connectivity index (χ1v) is 5.03. The van der Waals surface area contributed by atoms with Crippen LogP contribution in [-0.4, -0.2) is 4.98 Å². The van der Waals surface area contributed by atoms with E-state index in [2.05, 4.69) is 10.3 Å². The van der Waals surface area contributed by atoms with Crippen LogP contribution in [0.2, 0.25) is 0 Å². The standard InChI is InChI=1S/C13H9N2O.Ir/c1-2-7-12-11(6-1)15-13(16-12)9-10-5-3-4-8-14-10;/h1-9H;/q-1;/b13-9+;. The zero-order chi connectivity index (χ0) is 10.8. The fourth-order valence-corrected chi connectivity index (χ4v) is 1.54. The van der Waals surface area contributed by atoms with E-state index >= 15 is 0 Å². The molecule has 0 fully saturated rings. The summed E-state index contributed by atoms with van der Waals surface area (Å²) in [5.41, 5.74) is 1.71. The molecule has 0 bridgehead atoms. The Labute approximate surface area is 113 Å². The predicted molar refractivity (Wildman–Crippen MR) is 62.3 cm³/mol. The molecule has 87 valence electrons. The molecule has 0 aliphatic carbocycles. The van der Waals surface area contributed by atoms with Gasteiger partial charge in [-0.1, -0.05) is 30.0 Å². The number of ether oxygens (including phenoxy) is 1. The van der Waals surface area contributed by atoms with E-state index in [0.717, 1.165) is 17.1 Å². The predicted octanol–water partition coefficient (Wildman–Crippen LogP) is 3.48. The van der Waals surface area contributed by atoms with Gasteiger partial charge in [-0.25, -0.2) is 0 Å². The Morgan fingerprint density at radius 2 is 1.88 bits per heavy atom. The van der Waals surface area contributed by atoms with Crippen LogP contribution in [0.3, 0.4) is 0 Å². The molecule has 0 spiro atoms. The van der Waals surface area contributed by atoms with Crippen molar-refractivity contribution in [2.24, 2.45) is 0 Å². The van der Waals surface area contributed by atoms with Gasteiger partial charge in [-0.05, 0) is 24.3 Å². The number of pyridine rings is 1. The first kappa shape index (κ1) is 11.8. The summed E-state index contributed by atoms with van der Waals surface area (Å²) < 4.78 is 5.57. The van der Waals surface area contributed by atoms with Crippen LogP contribution in [-0.2, 0) is 20.1 Å². The minimum Gasteiger partial charge on any atom is -0.624 e. The second-order valence-corrected chi connectivity index (χ2v) is 3.42. The van der Waals surface area contributed by atoms with Crippen LogP contribution < -0.4 is 4.74 Å². The molecule has 1 aliphatic rings. The monoisotopic (exact) mass is 402 g/mol. The van der Waals surface area contributed by atoms with Gasteiger partial charge in [0.1, 0.15) is 5.75 Å². The van der Waals surface area contributed by atoms with E-state index in [1.54, 1.807) is 6.20 Å². The minimum absolute atomic E-state index is 0. The van der Waals surface area contributed by atoms with Gasteiger partial charge < -0.3 is 10.1 Å². The van der Waals surface area contributed by atoms with Gasteiger partial charge >= 0.3 is 0 Å². The molecule has 0 N–H and O–H groups in total. The van der Waals surface area contributed by atoms with E-state index in [9.17, 15) is 0 Å². The Hall–Kier alpha value is -1.64. The van der Waals surface area contributed by atoms with Crippen LogP contribution in [0.15, 0.2) is 54.5 Å². The molecule has 2 heterocycles. The summed E-state index contributed by atoms with van der Waals surface area (Å²) >= 11 is 0. The zero-order valence-electron chi connectivity index (χ0n) is 8.83. The van der Waals surface area contributed by atoms with Crippen LogP contribution in [0.1, 0.15) is 5.69 Å². The van der Waals surface area contributed by atoms with E-state index in [1.165, 1.54) is 0 Å². The van der Waals surface area contributed by atoms with Gasteiger partial charge in [0, 0.05) is 32.2 Å². The summed E-state index contributed by atoms with van der Waals surface area (Å²) in [5.74, 6) is 1.38. The molecule has 0 saturated heterocycles. The maximum absolute atomic E-state index is 5.57. The molecule has 1 aliphatic heterocycles. The average molecular weight is 401 g/mol. The van der Waals surface area contributed by atoms with E-state index in [1.807, 2.05) is 48.5 Å². The first-order chi connectivity index (χ1) is 7.92. The number of fused-ring (bicyclic) bond motifs is 1. The summed E-state index contributed by atoms with van der Waals surface area (Å²) in [6.07, 6.45) is 3.56. The molecule has 2 aromatic rings. The van der Waals surface area contributed by atoms with Crippen LogP contribution in [0, 0.1) is 0 Å². The van der Waals surface area contributed by atoms with E-state index in [0.29, 0.717) is 5.88 Å². The molecule has 0 unspecified atom stereocenters. The maximum Gasteiger partial charge on any atom is 0.110 e. The van der Waals surface area contributed by atoms with Crippen molar-refractivity contribution in [1.29, 1.82) is 0 Å². The van der Waals surface area contributed by atoms with Crippen molar-refractivity contribution in [1.82, 2.24) is 4.98 Å². The Morgan fingerprint density at radius 1 is 1.06 bits per heavy atom. The van der Waals surface area contributed by atoms with Crippen molar-refractivity contribution in [3.63, 3.8) is 0 Å². The number of benzene rings is 1. The van der Waals surface area contributed by atoms with Crippen LogP contribution in [0.25, 0.3) is 11.4 Å². The number of hydrogen-bond acceptors (Lipinski definition) is 2. The number of hydrogen-bond donors (Lipinski definition) is 0. The molecule has 0 saturated carbocycles. The summed E-state index contributed by atoms with van der Waals surface area (Å²) in [6, 6.07) is 13.4.